The third-order valence-electron chi connectivity index (χ3n) is 5.36. The van der Waals surface area contributed by atoms with Crippen molar-refractivity contribution in [1.29, 1.82) is 0 Å². The van der Waals surface area contributed by atoms with Gasteiger partial charge in [-0.25, -0.2) is 9.55 Å². The maximum absolute atomic E-state index is 6.02. The first-order valence-corrected chi connectivity index (χ1v) is 9.53. The Labute approximate surface area is 164 Å². The first-order chi connectivity index (χ1) is 13.6. The second-order valence-corrected chi connectivity index (χ2v) is 7.38. The monoisotopic (exact) mass is 366 g/mol. The summed E-state index contributed by atoms with van der Waals surface area (Å²) >= 11 is 0. The van der Waals surface area contributed by atoms with E-state index >= 15 is 0 Å². The molecule has 1 aliphatic heterocycles. The molecule has 1 aliphatic rings. The Morgan fingerprint density at radius 2 is 1.86 bits per heavy atom. The number of furan rings is 1. The van der Waals surface area contributed by atoms with Crippen LogP contribution < -0.4 is 20.0 Å². The fourth-order valence-corrected chi connectivity index (χ4v) is 3.82. The molecule has 5 rings (SSSR count). The minimum absolute atomic E-state index is 0.173. The number of nitrogens with zero attached hydrogens (tertiary/aromatic N) is 3. The van der Waals surface area contributed by atoms with Crippen molar-refractivity contribution in [2.45, 2.75) is 13.7 Å². The molecule has 0 saturated heterocycles. The molecule has 0 radical (unpaired) electrons. The predicted octanol–water partition coefficient (Wildman–Crippen LogP) is 2.83. The van der Waals surface area contributed by atoms with Crippen molar-refractivity contribution in [3.05, 3.63) is 77.1 Å². The van der Waals surface area contributed by atoms with Crippen LogP contribution >= 0.6 is 0 Å². The summed E-state index contributed by atoms with van der Waals surface area (Å²) in [6, 6.07) is 19.0. The highest BCUT2D eigenvalue weighted by Crippen LogP contribution is 2.23. The molecule has 0 saturated carbocycles. The molecular weight excluding hydrogens is 345 g/mol. The van der Waals surface area contributed by atoms with E-state index in [-0.39, 0.29) is 6.85 Å². The summed E-state index contributed by atoms with van der Waals surface area (Å²) in [7, 11) is 2.08. The van der Waals surface area contributed by atoms with Crippen molar-refractivity contribution in [1.82, 2.24) is 4.98 Å². The summed E-state index contributed by atoms with van der Waals surface area (Å²) in [6.45, 7) is 4.34. The highest BCUT2D eigenvalue weighted by atomic mass is 16.3. The van der Waals surface area contributed by atoms with Gasteiger partial charge in [0.2, 0.25) is 5.71 Å². The molecule has 4 nitrogen and oxygen atoms in total. The average Bonchev–Trinajstić information content (AvgIpc) is 3.04. The van der Waals surface area contributed by atoms with E-state index in [1.807, 2.05) is 19.1 Å². The zero-order valence-electron chi connectivity index (χ0n) is 16.3. The zero-order chi connectivity index (χ0) is 19.3. The Kier molecular flexibility index (Phi) is 3.83. The van der Waals surface area contributed by atoms with Crippen molar-refractivity contribution in [3.8, 4) is 11.1 Å². The molecule has 0 N–H and O–H groups in total. The van der Waals surface area contributed by atoms with E-state index in [1.165, 1.54) is 11.1 Å². The molecule has 28 heavy (non-hydrogen) atoms. The molecule has 0 fully saturated rings. The number of rotatable bonds is 2. The van der Waals surface area contributed by atoms with E-state index in [4.69, 9.17) is 4.42 Å². The molecule has 0 bridgehead atoms. The third-order valence-corrected chi connectivity index (χ3v) is 5.36. The van der Waals surface area contributed by atoms with Crippen molar-refractivity contribution in [2.75, 3.05) is 4.81 Å². The van der Waals surface area contributed by atoms with Gasteiger partial charge in [-0.2, -0.15) is 0 Å². The lowest BCUT2D eigenvalue weighted by molar-refractivity contribution is -0.657. The zero-order valence-corrected chi connectivity index (χ0v) is 16.3. The molecule has 4 aromatic rings. The third kappa shape index (κ3) is 2.71. The Morgan fingerprint density at radius 1 is 1.04 bits per heavy atom. The Balaban J connectivity index is 1.68. The van der Waals surface area contributed by atoms with E-state index in [2.05, 4.69) is 89.1 Å². The molecule has 5 heteroatoms. The van der Waals surface area contributed by atoms with Crippen LogP contribution in [0.15, 0.2) is 65.2 Å². The van der Waals surface area contributed by atoms with Crippen LogP contribution in [0.1, 0.15) is 5.69 Å². The van der Waals surface area contributed by atoms with Gasteiger partial charge in [-0.3, -0.25) is 4.81 Å². The van der Waals surface area contributed by atoms with E-state index in [0.29, 0.717) is 5.71 Å². The lowest BCUT2D eigenvalue weighted by Crippen LogP contribution is -2.47. The van der Waals surface area contributed by atoms with Crippen molar-refractivity contribution >= 4 is 35.9 Å². The maximum Gasteiger partial charge on any atom is 0.405 e. The summed E-state index contributed by atoms with van der Waals surface area (Å²) in [5, 5.41) is 2.14. The standard InChI is InChI=1S/C23H21BN3O/c1-16-9-10-19-20-15-27(24(2)14-21(20)28-23(19)25-16)22-13-18(11-12-26(22)3)17-7-5-4-6-8-17/h4-15H,1-3H3/q+1. The summed E-state index contributed by atoms with van der Waals surface area (Å²) in [6.07, 6.45) is 4.30. The fourth-order valence-electron chi connectivity index (χ4n) is 3.82. The molecule has 1 aromatic carbocycles. The van der Waals surface area contributed by atoms with Crippen LogP contribution in [0.2, 0.25) is 6.82 Å². The molecule has 3 aromatic heterocycles. The van der Waals surface area contributed by atoms with Gasteiger partial charge in [0.1, 0.15) is 5.42 Å². The molecule has 4 heterocycles. The smallest absolute Gasteiger partial charge is 0.405 e. The largest absolute Gasteiger partial charge is 0.439 e. The van der Waals surface area contributed by atoms with Crippen LogP contribution in [0.5, 0.6) is 0 Å². The van der Waals surface area contributed by atoms with Gasteiger partial charge in [0, 0.05) is 11.8 Å². The quantitative estimate of drug-likeness (QED) is 0.404. The number of hydrogen-bond acceptors (Lipinski definition) is 3. The van der Waals surface area contributed by atoms with Crippen LogP contribution in [0.25, 0.3) is 34.4 Å². The second-order valence-electron chi connectivity index (χ2n) is 7.38. The Hall–Kier alpha value is -3.34. The van der Waals surface area contributed by atoms with E-state index in [1.54, 1.807) is 0 Å². The maximum atomic E-state index is 6.02. The van der Waals surface area contributed by atoms with Crippen molar-refractivity contribution in [3.63, 3.8) is 0 Å². The van der Waals surface area contributed by atoms with Crippen LogP contribution in [-0.4, -0.2) is 11.8 Å². The van der Waals surface area contributed by atoms with E-state index < -0.39 is 0 Å². The normalized spacial score (nSPS) is 13.2. The first-order valence-electron chi connectivity index (χ1n) is 9.53. The van der Waals surface area contributed by atoms with Gasteiger partial charge < -0.3 is 4.42 Å². The SMILES string of the molecule is CB1C=c2oc3nc(C)ccc3c2=CN1c1cc(-c2ccccc2)cc[n+]1C. The van der Waals surface area contributed by atoms with E-state index in [9.17, 15) is 0 Å². The Morgan fingerprint density at radius 3 is 2.68 bits per heavy atom. The molecule has 0 amide bonds. The number of aromatic nitrogens is 2. The lowest BCUT2D eigenvalue weighted by atomic mass is 9.62. The summed E-state index contributed by atoms with van der Waals surface area (Å²) in [5.74, 6) is 3.30. The van der Waals surface area contributed by atoms with Gasteiger partial charge in [-0.05, 0) is 49.0 Å². The van der Waals surface area contributed by atoms with Crippen LogP contribution in [0.3, 0.4) is 0 Å². The summed E-state index contributed by atoms with van der Waals surface area (Å²) in [5.41, 5.74) is 4.99. The van der Waals surface area contributed by atoms with Crippen LogP contribution in [-0.2, 0) is 7.05 Å². The molecule has 0 spiro atoms. The van der Waals surface area contributed by atoms with Crippen LogP contribution in [0.4, 0.5) is 5.82 Å². The molecule has 0 unspecified atom stereocenters. The molecule has 0 atom stereocenters. The number of benzene rings is 1. The highest BCUT2D eigenvalue weighted by molar-refractivity contribution is 6.76. The van der Waals surface area contributed by atoms with Crippen molar-refractivity contribution < 1.29 is 8.98 Å². The summed E-state index contributed by atoms with van der Waals surface area (Å²) in [4.78, 5) is 6.84. The van der Waals surface area contributed by atoms with Gasteiger partial charge in [0.05, 0.1) is 30.0 Å². The Bertz CT molecular complexity index is 1310. The number of anilines is 1. The highest BCUT2D eigenvalue weighted by Gasteiger charge is 2.30. The van der Waals surface area contributed by atoms with Gasteiger partial charge in [0.15, 0.2) is 0 Å². The molecule has 136 valence electrons. The fraction of sp³-hybridized carbons (Fsp3) is 0.130. The van der Waals surface area contributed by atoms with Gasteiger partial charge in [-0.1, -0.05) is 30.3 Å². The minimum atomic E-state index is 0.173. The number of hydrogen-bond donors (Lipinski definition) is 0. The molecular formula is C23H21BN3O+. The average molecular weight is 366 g/mol. The van der Waals surface area contributed by atoms with Crippen molar-refractivity contribution in [2.24, 2.45) is 7.05 Å². The summed E-state index contributed by atoms with van der Waals surface area (Å²) < 4.78 is 8.17. The number of pyridine rings is 2. The molecule has 0 aliphatic carbocycles. The van der Waals surface area contributed by atoms with Gasteiger partial charge in [0.25, 0.3) is 5.82 Å². The van der Waals surface area contributed by atoms with Gasteiger partial charge in [-0.15, -0.1) is 0 Å². The predicted molar refractivity (Wildman–Crippen MR) is 114 cm³/mol. The minimum Gasteiger partial charge on any atom is -0.439 e. The van der Waals surface area contributed by atoms with E-state index in [0.717, 1.165) is 27.5 Å². The van der Waals surface area contributed by atoms with Crippen LogP contribution in [0, 0.1) is 6.92 Å². The van der Waals surface area contributed by atoms with Gasteiger partial charge >= 0.3 is 6.85 Å². The lowest BCUT2D eigenvalue weighted by Gasteiger charge is -2.19. The number of aryl methyl sites for hydroxylation is 2. The number of fused-ring (bicyclic) bond motifs is 3. The topological polar surface area (TPSA) is 33.2 Å². The second kappa shape index (κ2) is 6.38. The first kappa shape index (κ1) is 16.8.